The minimum absolute atomic E-state index is 0.129. The lowest BCUT2D eigenvalue weighted by Gasteiger charge is -2.36. The number of piperazine rings is 1. The maximum atomic E-state index is 13.1. The Morgan fingerprint density at radius 3 is 2.53 bits per heavy atom. The van der Waals surface area contributed by atoms with Crippen LogP contribution in [0.15, 0.2) is 47.6 Å². The number of amides is 1. The lowest BCUT2D eigenvalue weighted by atomic mass is 10.2. The van der Waals surface area contributed by atoms with Gasteiger partial charge in [0, 0.05) is 51.7 Å². The molecule has 2 aliphatic heterocycles. The Morgan fingerprint density at radius 1 is 1.07 bits per heavy atom. The van der Waals surface area contributed by atoms with E-state index < -0.39 is 10.0 Å². The molecule has 2 aromatic rings. The molecule has 0 N–H and O–H groups in total. The van der Waals surface area contributed by atoms with Crippen molar-refractivity contribution in [3.63, 3.8) is 0 Å². The third-order valence-corrected chi connectivity index (χ3v) is 8.08. The number of hydrogen-bond acceptors (Lipinski definition) is 5. The fourth-order valence-electron chi connectivity index (χ4n) is 4.31. The molecule has 1 amide bonds. The highest BCUT2D eigenvalue weighted by molar-refractivity contribution is 7.89. The van der Waals surface area contributed by atoms with Gasteiger partial charge in [0.1, 0.15) is 0 Å². The Bertz CT molecular complexity index is 1020. The third kappa shape index (κ3) is 4.12. The van der Waals surface area contributed by atoms with Crippen LogP contribution in [0.1, 0.15) is 23.1 Å². The molecule has 8 heteroatoms. The van der Waals surface area contributed by atoms with E-state index in [0.29, 0.717) is 37.6 Å². The van der Waals surface area contributed by atoms with Crippen LogP contribution in [-0.4, -0.2) is 72.2 Å². The van der Waals surface area contributed by atoms with Gasteiger partial charge in [0.25, 0.3) is 0 Å². The SMILES string of the molecule is Cc1ccc(C)c(S(=O)(=O)N2CCN(C3CCN(Cc4cccnc4)C3=O)CC2)c1. The Morgan fingerprint density at radius 2 is 1.83 bits per heavy atom. The van der Waals surface area contributed by atoms with Crippen molar-refractivity contribution in [2.45, 2.75) is 37.8 Å². The van der Waals surface area contributed by atoms with E-state index >= 15 is 0 Å². The van der Waals surface area contributed by atoms with Crippen LogP contribution in [0.3, 0.4) is 0 Å². The highest BCUT2D eigenvalue weighted by Crippen LogP contribution is 2.25. The van der Waals surface area contributed by atoms with Crippen LogP contribution >= 0.6 is 0 Å². The second-order valence-corrected chi connectivity index (χ2v) is 10.0. The molecule has 1 aromatic carbocycles. The van der Waals surface area contributed by atoms with Crippen LogP contribution in [0.25, 0.3) is 0 Å². The van der Waals surface area contributed by atoms with E-state index in [2.05, 4.69) is 9.88 Å². The van der Waals surface area contributed by atoms with Crippen LogP contribution in [0.5, 0.6) is 0 Å². The van der Waals surface area contributed by atoms with Crippen LogP contribution in [0, 0.1) is 13.8 Å². The molecule has 7 nitrogen and oxygen atoms in total. The summed E-state index contributed by atoms with van der Waals surface area (Å²) in [5.74, 6) is 0.129. The van der Waals surface area contributed by atoms with Gasteiger partial charge in [-0.1, -0.05) is 18.2 Å². The van der Waals surface area contributed by atoms with E-state index in [1.807, 2.05) is 43.0 Å². The van der Waals surface area contributed by atoms with Gasteiger partial charge in [0.05, 0.1) is 10.9 Å². The van der Waals surface area contributed by atoms with Gasteiger partial charge in [-0.25, -0.2) is 8.42 Å². The van der Waals surface area contributed by atoms with Crippen LogP contribution in [-0.2, 0) is 21.4 Å². The van der Waals surface area contributed by atoms with Crippen LogP contribution < -0.4 is 0 Å². The molecule has 30 heavy (non-hydrogen) atoms. The number of rotatable bonds is 5. The Hall–Kier alpha value is -2.29. The van der Waals surface area contributed by atoms with Crippen molar-refractivity contribution >= 4 is 15.9 Å². The van der Waals surface area contributed by atoms with Gasteiger partial charge >= 0.3 is 0 Å². The highest BCUT2D eigenvalue weighted by Gasteiger charge is 2.39. The minimum atomic E-state index is -3.52. The predicted octanol–water partition coefficient (Wildman–Crippen LogP) is 1.81. The summed E-state index contributed by atoms with van der Waals surface area (Å²) < 4.78 is 27.8. The maximum absolute atomic E-state index is 13.1. The van der Waals surface area contributed by atoms with Gasteiger partial charge < -0.3 is 4.90 Å². The summed E-state index contributed by atoms with van der Waals surface area (Å²) in [5.41, 5.74) is 2.72. The minimum Gasteiger partial charge on any atom is -0.337 e. The van der Waals surface area contributed by atoms with Crippen molar-refractivity contribution in [1.82, 2.24) is 19.1 Å². The van der Waals surface area contributed by atoms with E-state index in [1.54, 1.807) is 22.8 Å². The maximum Gasteiger partial charge on any atom is 0.243 e. The normalized spacial score (nSPS) is 21.3. The highest BCUT2D eigenvalue weighted by atomic mass is 32.2. The Labute approximate surface area is 178 Å². The largest absolute Gasteiger partial charge is 0.337 e. The smallest absolute Gasteiger partial charge is 0.243 e. The molecular formula is C22H28N4O3S. The molecule has 0 radical (unpaired) electrons. The number of aromatic nitrogens is 1. The van der Waals surface area contributed by atoms with Crippen molar-refractivity contribution in [3.8, 4) is 0 Å². The molecule has 160 valence electrons. The molecule has 0 saturated carbocycles. The first-order valence-corrected chi connectivity index (χ1v) is 11.8. The monoisotopic (exact) mass is 428 g/mol. The van der Waals surface area contributed by atoms with Crippen LogP contribution in [0.4, 0.5) is 0 Å². The zero-order valence-corrected chi connectivity index (χ0v) is 18.3. The summed E-state index contributed by atoms with van der Waals surface area (Å²) >= 11 is 0. The summed E-state index contributed by atoms with van der Waals surface area (Å²) in [6.07, 6.45) is 4.30. The zero-order chi connectivity index (χ0) is 21.3. The number of sulfonamides is 1. The first-order valence-electron chi connectivity index (χ1n) is 10.4. The Kier molecular flexibility index (Phi) is 5.90. The fourth-order valence-corrected chi connectivity index (χ4v) is 6.04. The van der Waals surface area contributed by atoms with Gasteiger partial charge in [0.15, 0.2) is 0 Å². The van der Waals surface area contributed by atoms with Gasteiger partial charge in [-0.3, -0.25) is 14.7 Å². The molecule has 0 spiro atoms. The molecule has 2 saturated heterocycles. The molecule has 2 aliphatic rings. The second-order valence-electron chi connectivity index (χ2n) is 8.13. The average molecular weight is 429 g/mol. The quantitative estimate of drug-likeness (QED) is 0.726. The van der Waals surface area contributed by atoms with E-state index in [9.17, 15) is 13.2 Å². The molecule has 0 bridgehead atoms. The lowest BCUT2D eigenvalue weighted by Crippen LogP contribution is -2.53. The summed E-state index contributed by atoms with van der Waals surface area (Å²) in [6, 6.07) is 9.22. The Balaban J connectivity index is 1.39. The zero-order valence-electron chi connectivity index (χ0n) is 17.5. The number of nitrogens with zero attached hydrogens (tertiary/aromatic N) is 4. The number of carbonyl (C=O) groups excluding carboxylic acids is 1. The molecule has 1 atom stereocenters. The summed E-state index contributed by atoms with van der Waals surface area (Å²) in [7, 11) is -3.52. The fraction of sp³-hybridized carbons (Fsp3) is 0.455. The number of likely N-dealkylation sites (tertiary alicyclic amines) is 1. The summed E-state index contributed by atoms with van der Waals surface area (Å²) in [4.78, 5) is 21.4. The molecule has 4 rings (SSSR count). The third-order valence-electron chi connectivity index (χ3n) is 6.04. The topological polar surface area (TPSA) is 73.8 Å². The van der Waals surface area contributed by atoms with E-state index in [0.717, 1.165) is 29.7 Å². The first kappa shape index (κ1) is 21.0. The number of carbonyl (C=O) groups is 1. The average Bonchev–Trinajstić information content (AvgIpc) is 3.10. The van der Waals surface area contributed by atoms with Gasteiger partial charge in [0.2, 0.25) is 15.9 Å². The molecule has 2 fully saturated rings. The summed E-state index contributed by atoms with van der Waals surface area (Å²) in [6.45, 7) is 6.98. The van der Waals surface area contributed by atoms with Gasteiger partial charge in [-0.15, -0.1) is 0 Å². The molecular weight excluding hydrogens is 400 g/mol. The number of hydrogen-bond donors (Lipinski definition) is 0. The van der Waals surface area contributed by atoms with Crippen molar-refractivity contribution in [2.24, 2.45) is 0 Å². The van der Waals surface area contributed by atoms with E-state index in [4.69, 9.17) is 0 Å². The van der Waals surface area contributed by atoms with E-state index in [-0.39, 0.29) is 11.9 Å². The van der Waals surface area contributed by atoms with Gasteiger partial charge in [-0.2, -0.15) is 4.31 Å². The number of aryl methyl sites for hydroxylation is 2. The van der Waals surface area contributed by atoms with Gasteiger partial charge in [-0.05, 0) is 49.1 Å². The molecule has 0 aliphatic carbocycles. The lowest BCUT2D eigenvalue weighted by molar-refractivity contribution is -0.133. The molecule has 1 unspecified atom stereocenters. The number of benzene rings is 1. The second kappa shape index (κ2) is 8.45. The molecule has 1 aromatic heterocycles. The molecule has 3 heterocycles. The number of pyridine rings is 1. The van der Waals surface area contributed by atoms with Crippen molar-refractivity contribution in [2.75, 3.05) is 32.7 Å². The standard InChI is InChI=1S/C22H28N4O3S/c1-17-5-6-18(2)21(14-17)30(28,29)26-12-10-24(11-13-26)20-7-9-25(22(20)27)16-19-4-3-8-23-15-19/h3-6,8,14-15,20H,7,9-13,16H2,1-2H3. The predicted molar refractivity (Wildman–Crippen MR) is 114 cm³/mol. The van der Waals surface area contributed by atoms with Crippen molar-refractivity contribution in [3.05, 3.63) is 59.4 Å². The van der Waals surface area contributed by atoms with Crippen LogP contribution in [0.2, 0.25) is 0 Å². The summed E-state index contributed by atoms with van der Waals surface area (Å²) in [5, 5.41) is 0. The van der Waals surface area contributed by atoms with Crippen molar-refractivity contribution < 1.29 is 13.2 Å². The first-order chi connectivity index (χ1) is 14.4. The van der Waals surface area contributed by atoms with E-state index in [1.165, 1.54) is 0 Å². The van der Waals surface area contributed by atoms with Crippen molar-refractivity contribution in [1.29, 1.82) is 0 Å².